The maximum absolute atomic E-state index is 12.7. The number of aryl methyl sites for hydroxylation is 2. The van der Waals surface area contributed by atoms with Gasteiger partial charge in [0.05, 0.1) is 22.4 Å². The summed E-state index contributed by atoms with van der Waals surface area (Å²) >= 11 is 0. The maximum atomic E-state index is 12.7. The first-order valence-corrected chi connectivity index (χ1v) is 8.90. The molecule has 1 aliphatic heterocycles. The lowest BCUT2D eigenvalue weighted by Gasteiger charge is -2.16. The summed E-state index contributed by atoms with van der Waals surface area (Å²) < 4.78 is 0. The van der Waals surface area contributed by atoms with Crippen LogP contribution in [0.1, 0.15) is 34.2 Å². The van der Waals surface area contributed by atoms with Gasteiger partial charge in [-0.15, -0.1) is 0 Å². The second-order valence-corrected chi connectivity index (χ2v) is 6.82. The predicted octanol–water partition coefficient (Wildman–Crippen LogP) is 3.41. The third kappa shape index (κ3) is 3.14. The Morgan fingerprint density at radius 1 is 1.00 bits per heavy atom. The highest BCUT2D eigenvalue weighted by Gasteiger charge is 2.22. The van der Waals surface area contributed by atoms with Crippen LogP contribution in [0.25, 0.3) is 11.0 Å². The maximum Gasteiger partial charge on any atom is 0.255 e. The molecule has 3 aromatic rings. The molecule has 0 saturated carbocycles. The van der Waals surface area contributed by atoms with Gasteiger partial charge in [-0.2, -0.15) is 0 Å². The van der Waals surface area contributed by atoms with E-state index in [4.69, 9.17) is 0 Å². The van der Waals surface area contributed by atoms with Crippen molar-refractivity contribution >= 4 is 34.2 Å². The van der Waals surface area contributed by atoms with Crippen molar-refractivity contribution in [2.75, 3.05) is 16.8 Å². The number of rotatable bonds is 2. The fourth-order valence-electron chi connectivity index (χ4n) is 3.36. The molecule has 2 heterocycles. The van der Waals surface area contributed by atoms with Gasteiger partial charge in [-0.25, -0.2) is 9.97 Å². The van der Waals surface area contributed by atoms with E-state index < -0.39 is 0 Å². The summed E-state index contributed by atoms with van der Waals surface area (Å²) in [5.41, 5.74) is 6.37. The lowest BCUT2D eigenvalue weighted by molar-refractivity contribution is -0.116. The van der Waals surface area contributed by atoms with E-state index in [9.17, 15) is 9.59 Å². The number of hydrogen-bond donors (Lipinski definition) is 1. The van der Waals surface area contributed by atoms with Crippen molar-refractivity contribution in [2.45, 2.75) is 27.2 Å². The van der Waals surface area contributed by atoms with Gasteiger partial charge in [0.2, 0.25) is 5.91 Å². The second-order valence-electron chi connectivity index (χ2n) is 6.82. The van der Waals surface area contributed by atoms with E-state index >= 15 is 0 Å². The highest BCUT2D eigenvalue weighted by Crippen LogP contribution is 2.31. The first-order valence-electron chi connectivity index (χ1n) is 8.90. The van der Waals surface area contributed by atoms with Crippen LogP contribution in [0.3, 0.4) is 0 Å². The van der Waals surface area contributed by atoms with Crippen LogP contribution in [0.5, 0.6) is 0 Å². The smallest absolute Gasteiger partial charge is 0.255 e. The minimum absolute atomic E-state index is 0.0102. The zero-order valence-corrected chi connectivity index (χ0v) is 15.5. The molecule has 6 heteroatoms. The molecule has 1 N–H and O–H groups in total. The van der Waals surface area contributed by atoms with Gasteiger partial charge in [-0.1, -0.05) is 6.07 Å². The Balaban J connectivity index is 1.61. The number of fused-ring (bicyclic) bond motifs is 2. The molecule has 1 aromatic heterocycles. The molecule has 1 aliphatic rings. The van der Waals surface area contributed by atoms with Gasteiger partial charge in [0, 0.05) is 30.4 Å². The second kappa shape index (κ2) is 6.46. The summed E-state index contributed by atoms with van der Waals surface area (Å²) in [7, 11) is 0. The zero-order chi connectivity index (χ0) is 19.1. The summed E-state index contributed by atoms with van der Waals surface area (Å²) in [4.78, 5) is 35.2. The largest absolute Gasteiger partial charge is 0.322 e. The molecular formula is C21H20N4O2. The van der Waals surface area contributed by atoms with Crippen LogP contribution in [-0.4, -0.2) is 28.3 Å². The quantitative estimate of drug-likeness (QED) is 0.760. The van der Waals surface area contributed by atoms with Crippen molar-refractivity contribution in [2.24, 2.45) is 0 Å². The molecule has 0 unspecified atom stereocenters. The van der Waals surface area contributed by atoms with Gasteiger partial charge < -0.3 is 10.2 Å². The Bertz CT molecular complexity index is 1090. The van der Waals surface area contributed by atoms with E-state index in [1.165, 1.54) is 0 Å². The van der Waals surface area contributed by atoms with Gasteiger partial charge in [-0.05, 0) is 56.2 Å². The van der Waals surface area contributed by atoms with E-state index in [0.717, 1.165) is 34.6 Å². The number of hydrogen-bond acceptors (Lipinski definition) is 4. The number of carbonyl (C=O) groups is 2. The molecule has 0 bridgehead atoms. The number of carbonyl (C=O) groups excluding carboxylic acids is 2. The molecule has 0 radical (unpaired) electrons. The molecule has 0 fully saturated rings. The topological polar surface area (TPSA) is 75.2 Å². The molecule has 2 aromatic carbocycles. The number of nitrogens with one attached hydrogen (secondary N) is 1. The SMILES string of the molecule is CC(=O)N1CCc2ccc(NC(=O)c3ccc4nc(C)c(C)nc4c3)cc21. The highest BCUT2D eigenvalue weighted by atomic mass is 16.2. The minimum Gasteiger partial charge on any atom is -0.322 e. The highest BCUT2D eigenvalue weighted by molar-refractivity contribution is 6.06. The molecular weight excluding hydrogens is 340 g/mol. The first-order chi connectivity index (χ1) is 12.9. The molecule has 136 valence electrons. The van der Waals surface area contributed by atoms with Crippen LogP contribution >= 0.6 is 0 Å². The van der Waals surface area contributed by atoms with E-state index in [-0.39, 0.29) is 11.8 Å². The summed E-state index contributed by atoms with van der Waals surface area (Å²) in [6.07, 6.45) is 0.839. The van der Waals surface area contributed by atoms with Gasteiger partial charge in [0.15, 0.2) is 0 Å². The fourth-order valence-corrected chi connectivity index (χ4v) is 3.36. The molecule has 0 saturated heterocycles. The normalized spacial score (nSPS) is 12.9. The lowest BCUT2D eigenvalue weighted by atomic mass is 10.1. The number of nitrogens with zero attached hydrogens (tertiary/aromatic N) is 3. The van der Waals surface area contributed by atoms with Gasteiger partial charge in [0.25, 0.3) is 5.91 Å². The van der Waals surface area contributed by atoms with E-state index in [1.807, 2.05) is 38.1 Å². The Labute approximate surface area is 157 Å². The van der Waals surface area contributed by atoms with Crippen molar-refractivity contribution in [3.63, 3.8) is 0 Å². The van der Waals surface area contributed by atoms with Gasteiger partial charge >= 0.3 is 0 Å². The Hall–Kier alpha value is -3.28. The van der Waals surface area contributed by atoms with Crippen molar-refractivity contribution in [1.29, 1.82) is 0 Å². The summed E-state index contributed by atoms with van der Waals surface area (Å²) in [6, 6.07) is 11.0. The van der Waals surface area contributed by atoms with Crippen molar-refractivity contribution < 1.29 is 9.59 Å². The average molecular weight is 360 g/mol. The Kier molecular flexibility index (Phi) is 4.11. The lowest BCUT2D eigenvalue weighted by Crippen LogP contribution is -2.25. The standard InChI is InChI=1S/C21H20N4O2/c1-12-13(2)23-19-10-16(5-7-18(19)22-12)21(27)24-17-6-4-15-8-9-25(14(3)26)20(15)11-17/h4-7,10-11H,8-9H2,1-3H3,(H,24,27). The van der Waals surface area contributed by atoms with Crippen LogP contribution in [0, 0.1) is 13.8 Å². The number of anilines is 2. The zero-order valence-electron chi connectivity index (χ0n) is 15.5. The molecule has 27 heavy (non-hydrogen) atoms. The molecule has 0 atom stereocenters. The van der Waals surface area contributed by atoms with E-state index in [0.29, 0.717) is 23.3 Å². The minimum atomic E-state index is -0.218. The number of benzene rings is 2. The average Bonchev–Trinajstić information content (AvgIpc) is 3.05. The van der Waals surface area contributed by atoms with Crippen LogP contribution in [-0.2, 0) is 11.2 Å². The van der Waals surface area contributed by atoms with E-state index in [2.05, 4.69) is 15.3 Å². The van der Waals surface area contributed by atoms with Crippen molar-refractivity contribution in [3.05, 3.63) is 58.9 Å². The summed E-state index contributed by atoms with van der Waals surface area (Å²) in [6.45, 7) is 6.06. The predicted molar refractivity (Wildman–Crippen MR) is 105 cm³/mol. The number of aromatic nitrogens is 2. The molecule has 2 amide bonds. The third-order valence-electron chi connectivity index (χ3n) is 4.96. The van der Waals surface area contributed by atoms with Gasteiger partial charge in [0.1, 0.15) is 0 Å². The molecule has 6 nitrogen and oxygen atoms in total. The Morgan fingerprint density at radius 2 is 1.74 bits per heavy atom. The summed E-state index contributed by atoms with van der Waals surface area (Å²) in [5.74, 6) is -0.208. The van der Waals surface area contributed by atoms with Crippen LogP contribution < -0.4 is 10.2 Å². The fraction of sp³-hybridized carbons (Fsp3) is 0.238. The van der Waals surface area contributed by atoms with Crippen LogP contribution in [0.15, 0.2) is 36.4 Å². The third-order valence-corrected chi connectivity index (χ3v) is 4.96. The van der Waals surface area contributed by atoms with Gasteiger partial charge in [-0.3, -0.25) is 9.59 Å². The monoisotopic (exact) mass is 360 g/mol. The molecule has 0 aliphatic carbocycles. The van der Waals surface area contributed by atoms with Crippen LogP contribution in [0.4, 0.5) is 11.4 Å². The summed E-state index contributed by atoms with van der Waals surface area (Å²) in [5, 5.41) is 2.91. The molecule has 4 rings (SSSR count). The van der Waals surface area contributed by atoms with E-state index in [1.54, 1.807) is 24.0 Å². The van der Waals surface area contributed by atoms with Crippen LogP contribution in [0.2, 0.25) is 0 Å². The molecule has 0 spiro atoms. The first kappa shape index (κ1) is 17.1. The van der Waals surface area contributed by atoms with Crippen molar-refractivity contribution in [1.82, 2.24) is 9.97 Å². The Morgan fingerprint density at radius 3 is 2.48 bits per heavy atom. The number of amides is 2. The van der Waals surface area contributed by atoms with Crippen molar-refractivity contribution in [3.8, 4) is 0 Å².